The van der Waals surface area contributed by atoms with Crippen LogP contribution < -0.4 is 10.5 Å². The Balaban J connectivity index is 1.76. The SMILES string of the molecule is CC1=C(C#N)c2nc(N)c(C#N)c(C)c2/C1=C\c1cc(I)c(OCc2ccccc2)c(I)c1. The zero-order chi connectivity index (χ0) is 23.7. The number of hydrogen-bond donors (Lipinski definition) is 1. The van der Waals surface area contributed by atoms with Gasteiger partial charge >= 0.3 is 0 Å². The molecular formula is C26H18I2N4O. The van der Waals surface area contributed by atoms with Gasteiger partial charge in [0.1, 0.15) is 30.3 Å². The molecule has 0 radical (unpaired) electrons. The van der Waals surface area contributed by atoms with Gasteiger partial charge in [-0.2, -0.15) is 10.5 Å². The number of anilines is 1. The molecule has 162 valence electrons. The Kier molecular flexibility index (Phi) is 6.73. The van der Waals surface area contributed by atoms with Crippen molar-refractivity contribution in [1.29, 1.82) is 10.5 Å². The maximum atomic E-state index is 9.75. The van der Waals surface area contributed by atoms with Crippen molar-refractivity contribution < 1.29 is 4.74 Å². The molecular weight excluding hydrogens is 638 g/mol. The number of fused-ring (bicyclic) bond motifs is 1. The molecule has 1 aliphatic carbocycles. The minimum absolute atomic E-state index is 0.152. The highest BCUT2D eigenvalue weighted by Crippen LogP contribution is 2.44. The number of nitriles is 2. The molecule has 0 unspecified atom stereocenters. The van der Waals surface area contributed by atoms with Crippen molar-refractivity contribution in [2.45, 2.75) is 20.5 Å². The summed E-state index contributed by atoms with van der Waals surface area (Å²) in [5.41, 5.74) is 12.7. The molecule has 0 bridgehead atoms. The summed E-state index contributed by atoms with van der Waals surface area (Å²) in [5, 5.41) is 19.3. The molecule has 2 N–H and O–H groups in total. The van der Waals surface area contributed by atoms with Crippen LogP contribution in [0.15, 0.2) is 48.0 Å². The second-order valence-corrected chi connectivity index (χ2v) is 9.91. The molecule has 0 amide bonds. The molecule has 2 aromatic carbocycles. The number of nitrogens with zero attached hydrogens (tertiary/aromatic N) is 3. The number of rotatable bonds is 4. The van der Waals surface area contributed by atoms with Gasteiger partial charge < -0.3 is 10.5 Å². The minimum atomic E-state index is 0.152. The number of benzene rings is 2. The maximum Gasteiger partial charge on any atom is 0.146 e. The van der Waals surface area contributed by atoms with Crippen molar-refractivity contribution in [3.63, 3.8) is 0 Å². The number of nitrogens with two attached hydrogens (primary N) is 1. The lowest BCUT2D eigenvalue weighted by Crippen LogP contribution is -2.04. The van der Waals surface area contributed by atoms with Crippen LogP contribution in [0.2, 0.25) is 0 Å². The molecule has 1 aliphatic rings. The summed E-state index contributed by atoms with van der Waals surface area (Å²) in [4.78, 5) is 4.39. The van der Waals surface area contributed by atoms with Gasteiger partial charge in [-0.05, 0) is 105 Å². The van der Waals surface area contributed by atoms with Crippen LogP contribution in [0.5, 0.6) is 5.75 Å². The van der Waals surface area contributed by atoms with E-state index in [0.29, 0.717) is 23.4 Å². The summed E-state index contributed by atoms with van der Waals surface area (Å²) >= 11 is 4.57. The van der Waals surface area contributed by atoms with E-state index >= 15 is 0 Å². The molecule has 0 saturated heterocycles. The summed E-state index contributed by atoms with van der Waals surface area (Å²) in [6.07, 6.45) is 2.04. The zero-order valence-corrected chi connectivity index (χ0v) is 22.2. The molecule has 0 spiro atoms. The van der Waals surface area contributed by atoms with Crippen LogP contribution in [0, 0.1) is 36.7 Å². The number of pyridine rings is 1. The third-order valence-electron chi connectivity index (χ3n) is 5.54. The lowest BCUT2D eigenvalue weighted by molar-refractivity contribution is 0.302. The van der Waals surface area contributed by atoms with Crippen LogP contribution in [-0.2, 0) is 6.61 Å². The largest absolute Gasteiger partial charge is 0.487 e. The first-order chi connectivity index (χ1) is 15.8. The van der Waals surface area contributed by atoms with E-state index in [-0.39, 0.29) is 5.82 Å². The van der Waals surface area contributed by atoms with E-state index in [1.807, 2.05) is 50.3 Å². The molecule has 0 saturated carbocycles. The molecule has 33 heavy (non-hydrogen) atoms. The van der Waals surface area contributed by atoms with E-state index < -0.39 is 0 Å². The van der Waals surface area contributed by atoms with Crippen LogP contribution in [0.1, 0.15) is 40.4 Å². The number of allylic oxidation sites excluding steroid dienone is 3. The third kappa shape index (κ3) is 4.35. The summed E-state index contributed by atoms with van der Waals surface area (Å²) < 4.78 is 8.09. The Morgan fingerprint density at radius 2 is 1.73 bits per heavy atom. The maximum absolute atomic E-state index is 9.75. The zero-order valence-electron chi connectivity index (χ0n) is 17.9. The highest BCUT2D eigenvalue weighted by molar-refractivity contribution is 14.1. The fourth-order valence-electron chi connectivity index (χ4n) is 3.89. The number of ether oxygens (including phenoxy) is 1. The number of nitrogen functional groups attached to an aromatic ring is 1. The standard InChI is InChI=1S/C26H18I2N4O/c1-14-18(23-15(2)20(12-30)26(31)32-24(23)19(14)11-29)8-17-9-21(27)25(22(28)10-17)33-13-16-6-4-3-5-7-16/h3-10H,13H2,1-2H3,(H2,31,32)/b18-8-. The molecule has 5 nitrogen and oxygen atoms in total. The van der Waals surface area contributed by atoms with Crippen LogP contribution >= 0.6 is 45.2 Å². The van der Waals surface area contributed by atoms with Gasteiger partial charge in [-0.1, -0.05) is 30.3 Å². The van der Waals surface area contributed by atoms with Crippen molar-refractivity contribution in [2.24, 2.45) is 0 Å². The monoisotopic (exact) mass is 656 g/mol. The molecule has 3 aromatic rings. The van der Waals surface area contributed by atoms with E-state index in [1.165, 1.54) is 0 Å². The molecule has 1 aromatic heterocycles. The fourth-order valence-corrected chi connectivity index (χ4v) is 6.02. The molecule has 4 rings (SSSR count). The van der Waals surface area contributed by atoms with E-state index in [9.17, 15) is 10.5 Å². The summed E-state index contributed by atoms with van der Waals surface area (Å²) in [7, 11) is 0. The van der Waals surface area contributed by atoms with Crippen LogP contribution in [0.4, 0.5) is 5.82 Å². The van der Waals surface area contributed by atoms with Crippen molar-refractivity contribution in [2.75, 3.05) is 5.73 Å². The van der Waals surface area contributed by atoms with Crippen LogP contribution in [0.25, 0.3) is 17.2 Å². The Morgan fingerprint density at radius 1 is 1.06 bits per heavy atom. The highest BCUT2D eigenvalue weighted by Gasteiger charge is 2.29. The Morgan fingerprint density at radius 3 is 2.33 bits per heavy atom. The first-order valence-electron chi connectivity index (χ1n) is 10.1. The first-order valence-corrected chi connectivity index (χ1v) is 12.2. The highest BCUT2D eigenvalue weighted by atomic mass is 127. The fraction of sp³-hybridized carbons (Fsp3) is 0.115. The Bertz CT molecular complexity index is 1400. The predicted octanol–water partition coefficient (Wildman–Crippen LogP) is 6.48. The van der Waals surface area contributed by atoms with Crippen LogP contribution in [-0.4, -0.2) is 4.98 Å². The minimum Gasteiger partial charge on any atom is -0.487 e. The van der Waals surface area contributed by atoms with Crippen molar-refractivity contribution in [3.8, 4) is 17.9 Å². The summed E-state index contributed by atoms with van der Waals surface area (Å²) in [6, 6.07) is 18.6. The Hall–Kier alpha value is -2.89. The number of halogens is 2. The van der Waals surface area contributed by atoms with Gasteiger partial charge in [-0.25, -0.2) is 4.98 Å². The van der Waals surface area contributed by atoms with Gasteiger partial charge in [-0.15, -0.1) is 0 Å². The van der Waals surface area contributed by atoms with Gasteiger partial charge in [0.25, 0.3) is 0 Å². The second kappa shape index (κ2) is 9.54. The molecule has 0 atom stereocenters. The summed E-state index contributed by atoms with van der Waals surface area (Å²) in [6.45, 7) is 4.25. The van der Waals surface area contributed by atoms with E-state index in [4.69, 9.17) is 10.5 Å². The van der Waals surface area contributed by atoms with Crippen molar-refractivity contribution >= 4 is 68.2 Å². The van der Waals surface area contributed by atoms with E-state index in [0.717, 1.165) is 46.3 Å². The molecule has 0 aliphatic heterocycles. The molecule has 0 fully saturated rings. The van der Waals surface area contributed by atoms with Crippen molar-refractivity contribution in [1.82, 2.24) is 4.98 Å². The third-order valence-corrected chi connectivity index (χ3v) is 7.14. The van der Waals surface area contributed by atoms with Gasteiger partial charge in [0.15, 0.2) is 0 Å². The lowest BCUT2D eigenvalue weighted by Gasteiger charge is -2.13. The van der Waals surface area contributed by atoms with Gasteiger partial charge in [-0.3, -0.25) is 0 Å². The lowest BCUT2D eigenvalue weighted by atomic mass is 9.95. The summed E-state index contributed by atoms with van der Waals surface area (Å²) in [5.74, 6) is 0.996. The van der Waals surface area contributed by atoms with Gasteiger partial charge in [0.2, 0.25) is 0 Å². The Labute approximate surface area is 219 Å². The van der Waals surface area contributed by atoms with Crippen molar-refractivity contribution in [3.05, 3.63) is 88.7 Å². The number of aromatic nitrogens is 1. The second-order valence-electron chi connectivity index (χ2n) is 7.59. The van der Waals surface area contributed by atoms with Crippen LogP contribution in [0.3, 0.4) is 0 Å². The van der Waals surface area contributed by atoms with E-state index in [1.54, 1.807) is 0 Å². The van der Waals surface area contributed by atoms with E-state index in [2.05, 4.69) is 74.4 Å². The van der Waals surface area contributed by atoms with Gasteiger partial charge in [0, 0.05) is 5.56 Å². The molecule has 1 heterocycles. The molecule has 7 heteroatoms. The predicted molar refractivity (Wildman–Crippen MR) is 147 cm³/mol. The number of hydrogen-bond acceptors (Lipinski definition) is 5. The first kappa shape index (κ1) is 23.3. The topological polar surface area (TPSA) is 95.7 Å². The average Bonchev–Trinajstić information content (AvgIpc) is 3.04. The smallest absolute Gasteiger partial charge is 0.146 e. The average molecular weight is 656 g/mol. The quantitative estimate of drug-likeness (QED) is 0.325. The van der Waals surface area contributed by atoms with Gasteiger partial charge in [0.05, 0.1) is 24.0 Å². The normalized spacial score (nSPS) is 13.6.